The van der Waals surface area contributed by atoms with E-state index in [0.29, 0.717) is 0 Å². The summed E-state index contributed by atoms with van der Waals surface area (Å²) >= 11 is 0. The standard InChI is InChI=1S/C15H25NO/c1-4-5-6-7-10-17-15-9-8-14(13(3)16)11-12(15)2/h8-9,11,13H,4-7,10,16H2,1-3H3. The monoisotopic (exact) mass is 235 g/mol. The van der Waals surface area contributed by atoms with Crippen LogP contribution >= 0.6 is 0 Å². The molecule has 0 aliphatic heterocycles. The lowest BCUT2D eigenvalue weighted by Crippen LogP contribution is -2.06. The molecule has 0 saturated heterocycles. The van der Waals surface area contributed by atoms with Crippen molar-refractivity contribution in [1.29, 1.82) is 0 Å². The Morgan fingerprint density at radius 3 is 2.59 bits per heavy atom. The smallest absolute Gasteiger partial charge is 0.122 e. The van der Waals surface area contributed by atoms with Crippen LogP contribution in [0.5, 0.6) is 5.75 Å². The molecule has 0 radical (unpaired) electrons. The molecule has 2 N–H and O–H groups in total. The van der Waals surface area contributed by atoms with Crippen molar-refractivity contribution in [2.75, 3.05) is 6.61 Å². The van der Waals surface area contributed by atoms with E-state index in [9.17, 15) is 0 Å². The van der Waals surface area contributed by atoms with Gasteiger partial charge in [0, 0.05) is 6.04 Å². The van der Waals surface area contributed by atoms with E-state index in [1.54, 1.807) is 0 Å². The Balaban J connectivity index is 2.43. The molecule has 0 spiro atoms. The number of hydrogen-bond acceptors (Lipinski definition) is 2. The zero-order chi connectivity index (χ0) is 12.7. The van der Waals surface area contributed by atoms with Gasteiger partial charge in [0.2, 0.25) is 0 Å². The summed E-state index contributed by atoms with van der Waals surface area (Å²) in [5.74, 6) is 0.992. The van der Waals surface area contributed by atoms with Crippen LogP contribution in [0.1, 0.15) is 56.7 Å². The van der Waals surface area contributed by atoms with Crippen LogP contribution in [0, 0.1) is 6.92 Å². The Morgan fingerprint density at radius 2 is 2.00 bits per heavy atom. The van der Waals surface area contributed by atoms with Gasteiger partial charge >= 0.3 is 0 Å². The minimum atomic E-state index is 0.0901. The van der Waals surface area contributed by atoms with Crippen LogP contribution < -0.4 is 10.5 Å². The van der Waals surface area contributed by atoms with Gasteiger partial charge in [0.15, 0.2) is 0 Å². The summed E-state index contributed by atoms with van der Waals surface area (Å²) in [6.07, 6.45) is 4.96. The van der Waals surface area contributed by atoms with Gasteiger partial charge in [-0.1, -0.05) is 38.3 Å². The fourth-order valence-electron chi connectivity index (χ4n) is 1.83. The summed E-state index contributed by atoms with van der Waals surface area (Å²) in [5, 5.41) is 0. The van der Waals surface area contributed by atoms with Crippen LogP contribution in [0.15, 0.2) is 18.2 Å². The Kier molecular flexibility index (Phi) is 6.06. The maximum absolute atomic E-state index is 5.85. The van der Waals surface area contributed by atoms with Gasteiger partial charge in [-0.25, -0.2) is 0 Å². The van der Waals surface area contributed by atoms with Crippen molar-refractivity contribution in [2.24, 2.45) is 5.73 Å². The quantitative estimate of drug-likeness (QED) is 0.726. The molecule has 0 amide bonds. The van der Waals surface area contributed by atoms with E-state index in [1.807, 2.05) is 13.0 Å². The first-order chi connectivity index (χ1) is 8.15. The Morgan fingerprint density at radius 1 is 1.24 bits per heavy atom. The molecule has 0 bridgehead atoms. The lowest BCUT2D eigenvalue weighted by molar-refractivity contribution is 0.303. The van der Waals surface area contributed by atoms with Crippen molar-refractivity contribution in [2.45, 2.75) is 52.5 Å². The summed E-state index contributed by atoms with van der Waals surface area (Å²) in [6, 6.07) is 6.30. The van der Waals surface area contributed by atoms with E-state index in [0.717, 1.165) is 18.8 Å². The zero-order valence-electron chi connectivity index (χ0n) is 11.3. The van der Waals surface area contributed by atoms with Crippen LogP contribution in [0.4, 0.5) is 0 Å². The lowest BCUT2D eigenvalue weighted by Gasteiger charge is -2.12. The van der Waals surface area contributed by atoms with Gasteiger partial charge in [-0.15, -0.1) is 0 Å². The van der Waals surface area contributed by atoms with Crippen molar-refractivity contribution in [3.63, 3.8) is 0 Å². The average Bonchev–Trinajstić information content (AvgIpc) is 2.30. The molecular formula is C15H25NO. The lowest BCUT2D eigenvalue weighted by atomic mass is 10.1. The first kappa shape index (κ1) is 14.0. The second kappa shape index (κ2) is 7.33. The number of unbranched alkanes of at least 4 members (excludes halogenated alkanes) is 3. The summed E-state index contributed by atoms with van der Waals surface area (Å²) < 4.78 is 5.78. The molecular weight excluding hydrogens is 210 g/mol. The summed E-state index contributed by atoms with van der Waals surface area (Å²) in [6.45, 7) is 7.11. The molecule has 0 aliphatic rings. The highest BCUT2D eigenvalue weighted by Crippen LogP contribution is 2.22. The normalized spacial score (nSPS) is 12.5. The second-order valence-electron chi connectivity index (χ2n) is 4.72. The Labute approximate surface area is 105 Å². The van der Waals surface area contributed by atoms with Crippen LogP contribution in [0.2, 0.25) is 0 Å². The first-order valence-electron chi connectivity index (χ1n) is 6.64. The van der Waals surface area contributed by atoms with Crippen LogP contribution in [0.25, 0.3) is 0 Å². The van der Waals surface area contributed by atoms with Gasteiger partial charge in [0.05, 0.1) is 6.61 Å². The minimum Gasteiger partial charge on any atom is -0.493 e. The number of benzene rings is 1. The molecule has 0 aliphatic carbocycles. The number of rotatable bonds is 7. The van der Waals surface area contributed by atoms with Gasteiger partial charge in [-0.05, 0) is 37.5 Å². The summed E-state index contributed by atoms with van der Waals surface area (Å²) in [4.78, 5) is 0. The summed E-state index contributed by atoms with van der Waals surface area (Å²) in [7, 11) is 0. The minimum absolute atomic E-state index is 0.0901. The van der Waals surface area contributed by atoms with E-state index in [-0.39, 0.29) is 6.04 Å². The molecule has 17 heavy (non-hydrogen) atoms. The van der Waals surface area contributed by atoms with Crippen molar-refractivity contribution in [3.8, 4) is 5.75 Å². The molecule has 0 heterocycles. The first-order valence-corrected chi connectivity index (χ1v) is 6.64. The van der Waals surface area contributed by atoms with Gasteiger partial charge in [0.25, 0.3) is 0 Å². The zero-order valence-corrected chi connectivity index (χ0v) is 11.3. The van der Waals surface area contributed by atoms with Gasteiger partial charge in [0.1, 0.15) is 5.75 Å². The second-order valence-corrected chi connectivity index (χ2v) is 4.72. The largest absolute Gasteiger partial charge is 0.493 e. The van der Waals surface area contributed by atoms with E-state index in [1.165, 1.54) is 30.4 Å². The fraction of sp³-hybridized carbons (Fsp3) is 0.600. The average molecular weight is 235 g/mol. The molecule has 2 heteroatoms. The van der Waals surface area contributed by atoms with Gasteiger partial charge in [-0.2, -0.15) is 0 Å². The molecule has 0 saturated carbocycles. The molecule has 1 atom stereocenters. The Hall–Kier alpha value is -1.02. The highest BCUT2D eigenvalue weighted by Gasteiger charge is 2.04. The molecule has 2 nitrogen and oxygen atoms in total. The van der Waals surface area contributed by atoms with Crippen LogP contribution in [0.3, 0.4) is 0 Å². The third-order valence-corrected chi connectivity index (χ3v) is 2.98. The summed E-state index contributed by atoms with van der Waals surface area (Å²) in [5.41, 5.74) is 8.19. The molecule has 1 aromatic rings. The highest BCUT2D eigenvalue weighted by atomic mass is 16.5. The highest BCUT2D eigenvalue weighted by molar-refractivity contribution is 5.37. The van der Waals surface area contributed by atoms with Crippen LogP contribution in [-0.2, 0) is 0 Å². The molecule has 1 rings (SSSR count). The predicted molar refractivity (Wildman–Crippen MR) is 73.4 cm³/mol. The maximum atomic E-state index is 5.85. The molecule has 96 valence electrons. The number of ether oxygens (including phenoxy) is 1. The molecule has 0 aromatic heterocycles. The number of nitrogens with two attached hydrogens (primary N) is 1. The van der Waals surface area contributed by atoms with E-state index in [4.69, 9.17) is 10.5 Å². The van der Waals surface area contributed by atoms with Crippen molar-refractivity contribution in [3.05, 3.63) is 29.3 Å². The van der Waals surface area contributed by atoms with Gasteiger partial charge < -0.3 is 10.5 Å². The van der Waals surface area contributed by atoms with Crippen LogP contribution in [-0.4, -0.2) is 6.61 Å². The number of hydrogen-bond donors (Lipinski definition) is 1. The third-order valence-electron chi connectivity index (χ3n) is 2.98. The third kappa shape index (κ3) is 4.78. The van der Waals surface area contributed by atoms with Crippen molar-refractivity contribution < 1.29 is 4.74 Å². The number of aryl methyl sites for hydroxylation is 1. The predicted octanol–water partition coefficient (Wildman–Crippen LogP) is 3.97. The van der Waals surface area contributed by atoms with E-state index in [2.05, 4.69) is 26.0 Å². The van der Waals surface area contributed by atoms with E-state index >= 15 is 0 Å². The Bertz CT molecular complexity index is 334. The molecule has 1 unspecified atom stereocenters. The topological polar surface area (TPSA) is 35.2 Å². The fourth-order valence-corrected chi connectivity index (χ4v) is 1.83. The van der Waals surface area contributed by atoms with Crippen molar-refractivity contribution >= 4 is 0 Å². The van der Waals surface area contributed by atoms with Gasteiger partial charge in [-0.3, -0.25) is 0 Å². The van der Waals surface area contributed by atoms with E-state index < -0.39 is 0 Å². The van der Waals surface area contributed by atoms with Crippen molar-refractivity contribution in [1.82, 2.24) is 0 Å². The SMILES string of the molecule is CCCCCCOc1ccc(C(C)N)cc1C. The molecule has 0 fully saturated rings. The molecule has 1 aromatic carbocycles. The maximum Gasteiger partial charge on any atom is 0.122 e.